The number of hydroxylamine groups is 1. The zero-order valence-corrected chi connectivity index (χ0v) is 13.1. The molecule has 1 aliphatic heterocycles. The Morgan fingerprint density at radius 2 is 1.76 bits per heavy atom. The van der Waals surface area contributed by atoms with Gasteiger partial charge in [-0.15, -0.1) is 0 Å². The van der Waals surface area contributed by atoms with Crippen molar-refractivity contribution in [2.75, 3.05) is 31.1 Å². The van der Waals surface area contributed by atoms with Gasteiger partial charge in [0.05, 0.1) is 0 Å². The number of nitrogens with zero attached hydrogens (tertiary/aromatic N) is 1. The fourth-order valence-electron chi connectivity index (χ4n) is 2.02. The normalized spacial score (nSPS) is 14.6. The van der Waals surface area contributed by atoms with Crippen LogP contribution in [0.2, 0.25) is 0 Å². The monoisotopic (exact) mass is 361 g/mol. The molecule has 1 aromatic carbocycles. The van der Waals surface area contributed by atoms with Crippen molar-refractivity contribution in [1.82, 2.24) is 10.8 Å². The van der Waals surface area contributed by atoms with Gasteiger partial charge in [-0.05, 0) is 17.7 Å². The van der Waals surface area contributed by atoms with E-state index in [1.165, 1.54) is 6.08 Å². The molecular formula is C15H18F3N3O4. The van der Waals surface area contributed by atoms with E-state index in [4.69, 9.17) is 15.1 Å². The summed E-state index contributed by atoms with van der Waals surface area (Å²) in [7, 11) is 0. The molecule has 1 amide bonds. The minimum Gasteiger partial charge on any atom is -0.475 e. The fraction of sp³-hybridized carbons (Fsp3) is 0.333. The number of carboxylic acid groups (broad SMARTS) is 1. The first-order valence-corrected chi connectivity index (χ1v) is 7.22. The molecule has 1 heterocycles. The highest BCUT2D eigenvalue weighted by atomic mass is 19.4. The third-order valence-electron chi connectivity index (χ3n) is 3.16. The lowest BCUT2D eigenvalue weighted by Gasteiger charge is -2.30. The number of halogens is 3. The number of hydrogen-bond donors (Lipinski definition) is 4. The van der Waals surface area contributed by atoms with E-state index in [0.717, 1.165) is 37.4 Å². The molecule has 7 nitrogen and oxygen atoms in total. The number of alkyl halides is 3. The van der Waals surface area contributed by atoms with Crippen molar-refractivity contribution in [2.24, 2.45) is 0 Å². The Hall–Kier alpha value is -2.59. The van der Waals surface area contributed by atoms with Crippen LogP contribution in [0.15, 0.2) is 30.3 Å². The number of para-hydroxylation sites is 1. The van der Waals surface area contributed by atoms with Crippen molar-refractivity contribution in [3.8, 4) is 0 Å². The predicted octanol–water partition coefficient (Wildman–Crippen LogP) is 1.25. The van der Waals surface area contributed by atoms with E-state index in [2.05, 4.69) is 10.2 Å². The zero-order chi connectivity index (χ0) is 18.9. The van der Waals surface area contributed by atoms with Gasteiger partial charge in [0.2, 0.25) is 0 Å². The van der Waals surface area contributed by atoms with Gasteiger partial charge in [0.15, 0.2) is 0 Å². The quantitative estimate of drug-likeness (QED) is 0.367. The Kier molecular flexibility index (Phi) is 7.89. The molecule has 1 saturated heterocycles. The topological polar surface area (TPSA) is 102 Å². The van der Waals surface area contributed by atoms with Crippen LogP contribution in [0.1, 0.15) is 5.56 Å². The summed E-state index contributed by atoms with van der Waals surface area (Å²) >= 11 is 0. The van der Waals surface area contributed by atoms with E-state index >= 15 is 0 Å². The van der Waals surface area contributed by atoms with Crippen LogP contribution in [0.5, 0.6) is 0 Å². The maximum absolute atomic E-state index is 11.0. The van der Waals surface area contributed by atoms with E-state index in [-0.39, 0.29) is 0 Å². The number of carbonyl (C=O) groups is 2. The summed E-state index contributed by atoms with van der Waals surface area (Å²) in [5, 5.41) is 18.9. The molecular weight excluding hydrogens is 343 g/mol. The molecule has 0 atom stereocenters. The molecule has 0 unspecified atom stereocenters. The molecule has 0 bridgehead atoms. The second-order valence-corrected chi connectivity index (χ2v) is 4.91. The molecule has 4 N–H and O–H groups in total. The van der Waals surface area contributed by atoms with Crippen LogP contribution in [-0.4, -0.2) is 54.5 Å². The number of carbonyl (C=O) groups excluding carboxylic acids is 1. The third kappa shape index (κ3) is 7.23. The number of anilines is 1. The van der Waals surface area contributed by atoms with E-state index in [1.807, 2.05) is 24.3 Å². The van der Waals surface area contributed by atoms with Crippen LogP contribution in [0.4, 0.5) is 18.9 Å². The number of rotatable bonds is 3. The minimum atomic E-state index is -5.08. The van der Waals surface area contributed by atoms with E-state index in [9.17, 15) is 18.0 Å². The molecule has 1 aromatic rings. The van der Waals surface area contributed by atoms with Crippen molar-refractivity contribution in [2.45, 2.75) is 6.18 Å². The van der Waals surface area contributed by atoms with Gasteiger partial charge in [-0.3, -0.25) is 10.0 Å². The van der Waals surface area contributed by atoms with Crippen LogP contribution in [0.25, 0.3) is 6.08 Å². The highest BCUT2D eigenvalue weighted by molar-refractivity contribution is 5.91. The lowest BCUT2D eigenvalue weighted by Crippen LogP contribution is -2.43. The molecule has 0 aliphatic carbocycles. The Morgan fingerprint density at radius 1 is 1.20 bits per heavy atom. The van der Waals surface area contributed by atoms with E-state index < -0.39 is 18.1 Å². The smallest absolute Gasteiger partial charge is 0.475 e. The van der Waals surface area contributed by atoms with Crippen molar-refractivity contribution in [1.29, 1.82) is 0 Å². The highest BCUT2D eigenvalue weighted by Crippen LogP contribution is 2.22. The summed E-state index contributed by atoms with van der Waals surface area (Å²) in [6.45, 7) is 3.85. The highest BCUT2D eigenvalue weighted by Gasteiger charge is 2.38. The SMILES string of the molecule is O=C(C=Cc1ccccc1N1CCNCC1)NO.O=C(O)C(F)(F)F. The molecule has 0 spiro atoms. The van der Waals surface area contributed by atoms with Gasteiger partial charge in [0, 0.05) is 37.9 Å². The second-order valence-electron chi connectivity index (χ2n) is 4.91. The van der Waals surface area contributed by atoms with Crippen LogP contribution >= 0.6 is 0 Å². The van der Waals surface area contributed by atoms with Crippen molar-refractivity contribution in [3.05, 3.63) is 35.9 Å². The van der Waals surface area contributed by atoms with Crippen molar-refractivity contribution < 1.29 is 33.1 Å². The van der Waals surface area contributed by atoms with Crippen molar-refractivity contribution >= 4 is 23.6 Å². The van der Waals surface area contributed by atoms with Crippen LogP contribution in [-0.2, 0) is 9.59 Å². The Morgan fingerprint density at radius 3 is 2.28 bits per heavy atom. The second kappa shape index (κ2) is 9.64. The van der Waals surface area contributed by atoms with Gasteiger partial charge in [0.25, 0.3) is 5.91 Å². The zero-order valence-electron chi connectivity index (χ0n) is 13.1. The third-order valence-corrected chi connectivity index (χ3v) is 3.16. The summed E-state index contributed by atoms with van der Waals surface area (Å²) in [4.78, 5) is 22.2. The number of carboxylic acids is 1. The summed E-state index contributed by atoms with van der Waals surface area (Å²) in [5.74, 6) is -3.28. The standard InChI is InChI=1S/C13H17N3O2.C2HF3O2/c17-13(15-18)6-5-11-3-1-2-4-12(11)16-9-7-14-8-10-16;3-2(4,5)1(6)7/h1-6,14,18H,7-10H2,(H,15,17);(H,6,7). The van der Waals surface area contributed by atoms with Gasteiger partial charge in [0.1, 0.15) is 0 Å². The molecule has 138 valence electrons. The van der Waals surface area contributed by atoms with Gasteiger partial charge in [-0.2, -0.15) is 13.2 Å². The first-order chi connectivity index (χ1) is 11.8. The van der Waals surface area contributed by atoms with Crippen LogP contribution in [0, 0.1) is 0 Å². The Labute approximate surface area is 141 Å². The summed E-state index contributed by atoms with van der Waals surface area (Å²) < 4.78 is 31.7. The maximum Gasteiger partial charge on any atom is 0.490 e. The van der Waals surface area contributed by atoms with Crippen LogP contribution in [0.3, 0.4) is 0 Å². The lowest BCUT2D eigenvalue weighted by molar-refractivity contribution is -0.192. The maximum atomic E-state index is 11.0. The molecule has 1 fully saturated rings. The van der Waals surface area contributed by atoms with Gasteiger partial charge < -0.3 is 15.3 Å². The molecule has 1 aliphatic rings. The summed E-state index contributed by atoms with van der Waals surface area (Å²) in [6, 6.07) is 7.92. The minimum absolute atomic E-state index is 0.523. The lowest BCUT2D eigenvalue weighted by atomic mass is 10.1. The predicted molar refractivity (Wildman–Crippen MR) is 84.2 cm³/mol. The molecule has 10 heteroatoms. The van der Waals surface area contributed by atoms with Gasteiger partial charge >= 0.3 is 12.1 Å². The molecule has 0 aromatic heterocycles. The van der Waals surface area contributed by atoms with Gasteiger partial charge in [-0.25, -0.2) is 10.3 Å². The molecule has 0 radical (unpaired) electrons. The van der Waals surface area contributed by atoms with Crippen LogP contribution < -0.4 is 15.7 Å². The summed E-state index contributed by atoms with van der Waals surface area (Å²) in [5.41, 5.74) is 3.67. The van der Waals surface area contributed by atoms with E-state index in [1.54, 1.807) is 11.6 Å². The number of hydrogen-bond acceptors (Lipinski definition) is 5. The number of nitrogens with one attached hydrogen (secondary N) is 2. The number of aliphatic carboxylic acids is 1. The first-order valence-electron chi connectivity index (χ1n) is 7.22. The average molecular weight is 361 g/mol. The first kappa shape index (κ1) is 20.5. The number of piperazine rings is 1. The number of amides is 1. The van der Waals surface area contributed by atoms with Gasteiger partial charge in [-0.1, -0.05) is 18.2 Å². The molecule has 25 heavy (non-hydrogen) atoms. The average Bonchev–Trinajstić information content (AvgIpc) is 2.60. The molecule has 0 saturated carbocycles. The Balaban J connectivity index is 0.000000381. The van der Waals surface area contributed by atoms with Crippen molar-refractivity contribution in [3.63, 3.8) is 0 Å². The molecule has 2 rings (SSSR count). The number of benzene rings is 1. The Bertz CT molecular complexity index is 614. The largest absolute Gasteiger partial charge is 0.490 e. The fourth-order valence-corrected chi connectivity index (χ4v) is 2.02. The van der Waals surface area contributed by atoms with E-state index in [0.29, 0.717) is 0 Å². The summed E-state index contributed by atoms with van der Waals surface area (Å²) in [6.07, 6.45) is -2.05.